The molecule has 0 saturated heterocycles. The number of anilines is 1. The van der Waals surface area contributed by atoms with Gasteiger partial charge in [0.25, 0.3) is 0 Å². The molecule has 0 saturated carbocycles. The number of Topliss-reactive ketones (excluding diaryl/α,β-unsaturated/α-hetero) is 1. The number of carbonyl (C=O) groups excluding carboxylic acids is 3. The number of carbonyl (C=O) groups is 3. The van der Waals surface area contributed by atoms with Gasteiger partial charge in [-0.1, -0.05) is 159 Å². The van der Waals surface area contributed by atoms with E-state index < -0.39 is 16.8 Å². The highest BCUT2D eigenvalue weighted by molar-refractivity contribution is 5.98. The third-order valence-corrected chi connectivity index (χ3v) is 16.9. The van der Waals surface area contributed by atoms with Gasteiger partial charge in [-0.25, -0.2) is 4.79 Å². The largest absolute Gasteiger partial charge is 0.493 e. The van der Waals surface area contributed by atoms with Crippen LogP contribution < -0.4 is 15.0 Å². The Morgan fingerprint density at radius 1 is 0.550 bits per heavy atom. The van der Waals surface area contributed by atoms with Crippen LogP contribution in [0.1, 0.15) is 168 Å². The van der Waals surface area contributed by atoms with Gasteiger partial charge in [0.05, 0.1) is 24.0 Å². The van der Waals surface area contributed by atoms with Crippen LogP contribution in [0, 0.1) is 20.8 Å². The van der Waals surface area contributed by atoms with Crippen LogP contribution in [0.4, 0.5) is 5.69 Å². The SMILES string of the molecule is C=O.CCCCCCOc1ccc(C2(c3ccc(C)c(C(C)=O)c3)c3cc(C)ccc3-c3ccc(-c4ccc5c(c4)C(c4ccc(C(C)NCC)cc4)(c4ccc(N(CC)CC)cc4)c4cc(C)ccc4-5)cc32)cc1C(=O)OCC. The summed E-state index contributed by atoms with van der Waals surface area (Å²) in [5, 5.41) is 3.63. The third kappa shape index (κ3) is 9.99. The summed E-state index contributed by atoms with van der Waals surface area (Å²) in [5.74, 6) is 0.0864. The fourth-order valence-corrected chi connectivity index (χ4v) is 13.0. The molecule has 0 bridgehead atoms. The molecular formula is C73H78N2O5. The Morgan fingerprint density at radius 2 is 1.04 bits per heavy atom. The minimum absolute atomic E-state index is 0.00209. The molecule has 7 nitrogen and oxygen atoms in total. The molecule has 2 aliphatic carbocycles. The highest BCUT2D eigenvalue weighted by Crippen LogP contribution is 2.60. The predicted octanol–water partition coefficient (Wildman–Crippen LogP) is 16.7. The highest BCUT2D eigenvalue weighted by Gasteiger charge is 2.49. The Labute approximate surface area is 475 Å². The summed E-state index contributed by atoms with van der Waals surface area (Å²) in [6, 6.07) is 59.1. The Bertz CT molecular complexity index is 3560. The zero-order valence-electron chi connectivity index (χ0n) is 48.6. The van der Waals surface area contributed by atoms with E-state index in [0.717, 1.165) is 101 Å². The molecule has 0 radical (unpaired) electrons. The lowest BCUT2D eigenvalue weighted by Gasteiger charge is -2.35. The standard InChI is InChI=1S/C72H76N2O4.CH2O/c1-11-16-17-18-39-78-69-38-31-57(45-64(69)70(76)77-15-5)72(56-26-21-48(8)63(44-56)50(10)75)66-41-47(7)20-35-60(66)62-37-25-53(43-68(62)72)52-24-36-61-59-34-19-46(6)40-65(59)71(67(61)42-52,54-27-22-51(23-28-54)49(9)73-12-2)55-29-32-58(33-30-55)74(13-3)14-4;1-2/h19-38,40-45,49,73H,11-18,39H2,1-10H3;1H2. The number of benzene rings is 8. The highest BCUT2D eigenvalue weighted by atomic mass is 16.5. The quantitative estimate of drug-likeness (QED) is 0.0462. The number of unbranched alkanes of at least 4 members (excludes halogenated alkanes) is 3. The van der Waals surface area contributed by atoms with Crippen molar-refractivity contribution >= 4 is 24.2 Å². The number of rotatable bonds is 20. The summed E-state index contributed by atoms with van der Waals surface area (Å²) in [7, 11) is 0. The molecule has 10 rings (SSSR count). The van der Waals surface area contributed by atoms with Crippen LogP contribution in [-0.4, -0.2) is 51.4 Å². The molecular weight excluding hydrogens is 985 g/mol. The molecule has 0 fully saturated rings. The lowest BCUT2D eigenvalue weighted by Crippen LogP contribution is -2.30. The molecule has 8 aromatic rings. The number of hydrogen-bond donors (Lipinski definition) is 1. The molecule has 0 aromatic heterocycles. The van der Waals surface area contributed by atoms with E-state index in [1.165, 1.54) is 50.2 Å². The zero-order valence-corrected chi connectivity index (χ0v) is 48.6. The minimum Gasteiger partial charge on any atom is -0.493 e. The van der Waals surface area contributed by atoms with E-state index in [1.807, 2.05) is 32.8 Å². The first-order valence-electron chi connectivity index (χ1n) is 28.9. The summed E-state index contributed by atoms with van der Waals surface area (Å²) in [6.45, 7) is 26.4. The van der Waals surface area contributed by atoms with Crippen molar-refractivity contribution in [2.45, 2.75) is 112 Å². The molecule has 2 aliphatic rings. The van der Waals surface area contributed by atoms with Crippen LogP contribution in [0.5, 0.6) is 5.75 Å². The third-order valence-electron chi connectivity index (χ3n) is 16.9. The number of ketones is 1. The number of fused-ring (bicyclic) bond motifs is 6. The average Bonchev–Trinajstić information content (AvgIpc) is 4.07. The van der Waals surface area contributed by atoms with Crippen LogP contribution in [0.25, 0.3) is 33.4 Å². The monoisotopic (exact) mass is 1060 g/mol. The summed E-state index contributed by atoms with van der Waals surface area (Å²) < 4.78 is 12.3. The lowest BCUT2D eigenvalue weighted by molar-refractivity contribution is -0.0980. The number of nitrogens with zero attached hydrogens (tertiary/aromatic N) is 1. The van der Waals surface area contributed by atoms with Gasteiger partial charge >= 0.3 is 5.97 Å². The second kappa shape index (κ2) is 24.2. The molecule has 0 heterocycles. The average molecular weight is 1060 g/mol. The van der Waals surface area contributed by atoms with E-state index in [9.17, 15) is 9.59 Å². The van der Waals surface area contributed by atoms with Gasteiger partial charge in [0.2, 0.25) is 0 Å². The first-order valence-corrected chi connectivity index (χ1v) is 28.9. The predicted molar refractivity (Wildman–Crippen MR) is 329 cm³/mol. The van der Waals surface area contributed by atoms with Gasteiger partial charge < -0.3 is 24.5 Å². The van der Waals surface area contributed by atoms with Crippen molar-refractivity contribution in [1.82, 2.24) is 5.32 Å². The van der Waals surface area contributed by atoms with Crippen molar-refractivity contribution in [2.24, 2.45) is 0 Å². The molecule has 8 aromatic carbocycles. The van der Waals surface area contributed by atoms with Crippen LogP contribution in [-0.2, 0) is 20.4 Å². The summed E-state index contributed by atoms with van der Waals surface area (Å²) in [5.41, 5.74) is 21.0. The van der Waals surface area contributed by atoms with Crippen molar-refractivity contribution < 1.29 is 23.9 Å². The lowest BCUT2D eigenvalue weighted by atomic mass is 9.66. The van der Waals surface area contributed by atoms with Gasteiger partial charge in [-0.3, -0.25) is 4.79 Å². The molecule has 3 unspecified atom stereocenters. The smallest absolute Gasteiger partial charge is 0.341 e. The normalized spacial score (nSPS) is 15.9. The van der Waals surface area contributed by atoms with Gasteiger partial charge in [0.1, 0.15) is 18.1 Å². The maximum absolute atomic E-state index is 14.2. The Morgan fingerprint density at radius 3 is 1.55 bits per heavy atom. The number of aryl methyl sites for hydroxylation is 3. The minimum atomic E-state index is -0.960. The van der Waals surface area contributed by atoms with Crippen molar-refractivity contribution in [3.8, 4) is 39.1 Å². The number of ether oxygens (including phenoxy) is 2. The zero-order chi connectivity index (χ0) is 56.9. The Kier molecular flexibility index (Phi) is 17.2. The van der Waals surface area contributed by atoms with Crippen LogP contribution >= 0.6 is 0 Å². The van der Waals surface area contributed by atoms with Gasteiger partial charge in [0, 0.05) is 30.4 Å². The van der Waals surface area contributed by atoms with E-state index in [4.69, 9.17) is 14.3 Å². The van der Waals surface area contributed by atoms with E-state index in [-0.39, 0.29) is 18.4 Å². The Hall–Kier alpha value is -7.87. The number of esters is 1. The van der Waals surface area contributed by atoms with Crippen molar-refractivity contribution in [1.29, 1.82) is 0 Å². The topological polar surface area (TPSA) is 84.9 Å². The van der Waals surface area contributed by atoms with Crippen molar-refractivity contribution in [3.05, 3.63) is 236 Å². The maximum atomic E-state index is 14.2. The van der Waals surface area contributed by atoms with Gasteiger partial charge in [0.15, 0.2) is 5.78 Å². The Balaban J connectivity index is 0.00000383. The van der Waals surface area contributed by atoms with Gasteiger partial charge in [-0.05, 0) is 200 Å². The molecule has 410 valence electrons. The molecule has 3 atom stereocenters. The fraction of sp³-hybridized carbons (Fsp3) is 0.301. The van der Waals surface area contributed by atoms with E-state index >= 15 is 0 Å². The second-order valence-electron chi connectivity index (χ2n) is 21.7. The van der Waals surface area contributed by atoms with Crippen molar-refractivity contribution in [3.63, 3.8) is 0 Å². The summed E-state index contributed by atoms with van der Waals surface area (Å²) in [4.78, 5) is 38.2. The fourth-order valence-electron chi connectivity index (χ4n) is 13.0. The summed E-state index contributed by atoms with van der Waals surface area (Å²) >= 11 is 0. The maximum Gasteiger partial charge on any atom is 0.341 e. The van der Waals surface area contributed by atoms with Gasteiger partial charge in [-0.15, -0.1) is 0 Å². The first kappa shape index (κ1) is 56.8. The van der Waals surface area contributed by atoms with Crippen LogP contribution in [0.2, 0.25) is 0 Å². The molecule has 0 aliphatic heterocycles. The number of hydrogen-bond acceptors (Lipinski definition) is 7. The molecule has 0 spiro atoms. The van der Waals surface area contributed by atoms with E-state index in [1.54, 1.807) is 6.92 Å². The van der Waals surface area contributed by atoms with E-state index in [2.05, 4.69) is 204 Å². The van der Waals surface area contributed by atoms with E-state index in [0.29, 0.717) is 23.5 Å². The molecule has 80 heavy (non-hydrogen) atoms. The van der Waals surface area contributed by atoms with Gasteiger partial charge in [-0.2, -0.15) is 0 Å². The van der Waals surface area contributed by atoms with Crippen molar-refractivity contribution in [2.75, 3.05) is 37.7 Å². The first-order chi connectivity index (χ1) is 38.8. The molecule has 0 amide bonds. The van der Waals surface area contributed by atoms with Crippen LogP contribution in [0.3, 0.4) is 0 Å². The molecule has 1 N–H and O–H groups in total. The summed E-state index contributed by atoms with van der Waals surface area (Å²) in [6.07, 6.45) is 4.20. The van der Waals surface area contributed by atoms with Crippen LogP contribution in [0.15, 0.2) is 158 Å². The molecule has 7 heteroatoms. The number of nitrogens with one attached hydrogen (secondary N) is 1. The second-order valence-corrected chi connectivity index (χ2v) is 21.7.